The summed E-state index contributed by atoms with van der Waals surface area (Å²) in [4.78, 5) is 19.2. The number of nitriles is 1. The van der Waals surface area contributed by atoms with Gasteiger partial charge in [0.25, 0.3) is 5.91 Å². The van der Waals surface area contributed by atoms with E-state index in [1.165, 1.54) is 0 Å². The van der Waals surface area contributed by atoms with Gasteiger partial charge in [0.05, 0.1) is 35.4 Å². The van der Waals surface area contributed by atoms with Crippen LogP contribution in [0.1, 0.15) is 48.3 Å². The van der Waals surface area contributed by atoms with Gasteiger partial charge < -0.3 is 15.0 Å². The van der Waals surface area contributed by atoms with Gasteiger partial charge >= 0.3 is 0 Å². The molecule has 1 N–H and O–H groups in total. The summed E-state index contributed by atoms with van der Waals surface area (Å²) in [6, 6.07) is 12.8. The van der Waals surface area contributed by atoms with Crippen molar-refractivity contribution in [1.82, 2.24) is 10.3 Å². The van der Waals surface area contributed by atoms with E-state index in [0.29, 0.717) is 11.1 Å². The predicted octanol–water partition coefficient (Wildman–Crippen LogP) is 3.06. The van der Waals surface area contributed by atoms with Gasteiger partial charge in [-0.2, -0.15) is 5.26 Å². The van der Waals surface area contributed by atoms with Crippen LogP contribution in [0, 0.1) is 11.3 Å². The van der Waals surface area contributed by atoms with E-state index >= 15 is 0 Å². The zero-order valence-electron chi connectivity index (χ0n) is 15.8. The molecule has 1 fully saturated rings. The zero-order chi connectivity index (χ0) is 19.4. The highest BCUT2D eigenvalue weighted by Crippen LogP contribution is 2.19. The summed E-state index contributed by atoms with van der Waals surface area (Å²) in [6.07, 6.45) is 1.93. The molecule has 0 bridgehead atoms. The maximum Gasteiger partial charge on any atom is 0.253 e. The Kier molecular flexibility index (Phi) is 5.72. The molecule has 0 aliphatic carbocycles. The normalized spacial score (nSPS) is 20.6. The van der Waals surface area contributed by atoms with Gasteiger partial charge in [0.15, 0.2) is 0 Å². The number of carbonyl (C=O) groups is 1. The molecule has 1 aromatic heterocycles. The second-order valence-corrected chi connectivity index (χ2v) is 7.00. The first-order valence-corrected chi connectivity index (χ1v) is 9.13. The van der Waals surface area contributed by atoms with Crippen molar-refractivity contribution in [2.24, 2.45) is 0 Å². The van der Waals surface area contributed by atoms with Gasteiger partial charge in [0.1, 0.15) is 5.82 Å². The summed E-state index contributed by atoms with van der Waals surface area (Å²) in [5.74, 6) is 0.684. The Balaban J connectivity index is 1.64. The van der Waals surface area contributed by atoms with Crippen molar-refractivity contribution >= 4 is 11.7 Å². The largest absolute Gasteiger partial charge is 0.372 e. The molecule has 1 aliphatic heterocycles. The summed E-state index contributed by atoms with van der Waals surface area (Å²) < 4.78 is 5.75. The highest BCUT2D eigenvalue weighted by Gasteiger charge is 2.23. The number of ether oxygens (including phenoxy) is 1. The van der Waals surface area contributed by atoms with Crippen LogP contribution in [0.5, 0.6) is 0 Å². The summed E-state index contributed by atoms with van der Waals surface area (Å²) in [5.41, 5.74) is 2.07. The average Bonchev–Trinajstić information content (AvgIpc) is 2.67. The first kappa shape index (κ1) is 18.9. The van der Waals surface area contributed by atoms with Crippen LogP contribution >= 0.6 is 0 Å². The number of hydrogen-bond donors (Lipinski definition) is 1. The predicted molar refractivity (Wildman–Crippen MR) is 103 cm³/mol. The third-order valence-corrected chi connectivity index (χ3v) is 4.64. The van der Waals surface area contributed by atoms with E-state index in [-0.39, 0.29) is 24.2 Å². The third kappa shape index (κ3) is 4.63. The highest BCUT2D eigenvalue weighted by atomic mass is 16.5. The fourth-order valence-electron chi connectivity index (χ4n) is 3.28. The Morgan fingerprint density at radius 1 is 1.22 bits per heavy atom. The van der Waals surface area contributed by atoms with E-state index < -0.39 is 0 Å². The van der Waals surface area contributed by atoms with E-state index in [1.807, 2.05) is 25.1 Å². The number of rotatable bonds is 4. The van der Waals surface area contributed by atoms with E-state index in [1.54, 1.807) is 24.4 Å². The molecule has 1 aromatic carbocycles. The molecular weight excluding hydrogens is 340 g/mol. The van der Waals surface area contributed by atoms with Crippen LogP contribution in [-0.2, 0) is 4.74 Å². The second-order valence-electron chi connectivity index (χ2n) is 7.00. The molecule has 3 rings (SSSR count). The molecule has 140 valence electrons. The molecule has 1 saturated heterocycles. The number of carbonyl (C=O) groups excluding carboxylic acids is 1. The lowest BCUT2D eigenvalue weighted by atomic mass is 10.1. The van der Waals surface area contributed by atoms with Crippen molar-refractivity contribution in [2.75, 3.05) is 18.0 Å². The van der Waals surface area contributed by atoms with Gasteiger partial charge in [0.2, 0.25) is 0 Å². The fraction of sp³-hybridized carbons (Fsp3) is 0.381. The smallest absolute Gasteiger partial charge is 0.253 e. The van der Waals surface area contributed by atoms with E-state index in [4.69, 9.17) is 10.00 Å². The van der Waals surface area contributed by atoms with E-state index in [9.17, 15) is 4.79 Å². The quantitative estimate of drug-likeness (QED) is 0.902. The minimum Gasteiger partial charge on any atom is -0.372 e. The number of morpholine rings is 1. The fourth-order valence-corrected chi connectivity index (χ4v) is 3.28. The number of pyridine rings is 1. The molecule has 2 aromatic rings. The van der Waals surface area contributed by atoms with Gasteiger partial charge in [-0.05, 0) is 50.6 Å². The SMILES string of the molecule is C[C@@H]1CN(c2ccc(C(=O)N[C@@H](C)c3ccc(C#N)cc3)cn2)C[C@@H](C)O1. The van der Waals surface area contributed by atoms with Crippen LogP contribution in [0.2, 0.25) is 0 Å². The van der Waals surface area contributed by atoms with Crippen LogP contribution in [0.15, 0.2) is 42.6 Å². The summed E-state index contributed by atoms with van der Waals surface area (Å²) in [5, 5.41) is 11.8. The minimum atomic E-state index is -0.172. The Hall–Kier alpha value is -2.91. The van der Waals surface area contributed by atoms with Crippen LogP contribution < -0.4 is 10.2 Å². The number of amides is 1. The van der Waals surface area contributed by atoms with Gasteiger partial charge in [0, 0.05) is 19.3 Å². The van der Waals surface area contributed by atoms with Crippen LogP contribution in [0.3, 0.4) is 0 Å². The Labute approximate surface area is 159 Å². The highest BCUT2D eigenvalue weighted by molar-refractivity contribution is 5.94. The van der Waals surface area contributed by atoms with Crippen molar-refractivity contribution in [3.8, 4) is 6.07 Å². The van der Waals surface area contributed by atoms with Crippen molar-refractivity contribution in [1.29, 1.82) is 5.26 Å². The number of hydrogen-bond acceptors (Lipinski definition) is 5. The summed E-state index contributed by atoms with van der Waals surface area (Å²) >= 11 is 0. The van der Waals surface area contributed by atoms with Gasteiger partial charge in [-0.3, -0.25) is 4.79 Å². The molecule has 0 radical (unpaired) electrons. The first-order valence-electron chi connectivity index (χ1n) is 9.13. The molecule has 0 spiro atoms. The third-order valence-electron chi connectivity index (χ3n) is 4.64. The van der Waals surface area contributed by atoms with Gasteiger partial charge in [-0.25, -0.2) is 4.98 Å². The van der Waals surface area contributed by atoms with E-state index in [2.05, 4.69) is 35.1 Å². The number of anilines is 1. The van der Waals surface area contributed by atoms with Crippen molar-refractivity contribution < 1.29 is 9.53 Å². The van der Waals surface area contributed by atoms with E-state index in [0.717, 1.165) is 24.5 Å². The maximum atomic E-state index is 12.5. The molecule has 1 amide bonds. The summed E-state index contributed by atoms with van der Waals surface area (Å²) in [6.45, 7) is 7.60. The second kappa shape index (κ2) is 8.19. The molecule has 2 heterocycles. The number of nitrogens with zero attached hydrogens (tertiary/aromatic N) is 3. The molecular formula is C21H24N4O2. The van der Waals surface area contributed by atoms with Crippen LogP contribution in [0.4, 0.5) is 5.82 Å². The lowest BCUT2D eigenvalue weighted by molar-refractivity contribution is -0.00546. The number of nitrogens with one attached hydrogen (secondary N) is 1. The molecule has 0 unspecified atom stereocenters. The average molecular weight is 364 g/mol. The molecule has 3 atom stereocenters. The molecule has 0 saturated carbocycles. The number of benzene rings is 1. The molecule has 27 heavy (non-hydrogen) atoms. The van der Waals surface area contributed by atoms with Gasteiger partial charge in [-0.1, -0.05) is 12.1 Å². The number of aromatic nitrogens is 1. The Bertz CT molecular complexity index is 817. The molecule has 1 aliphatic rings. The lowest BCUT2D eigenvalue weighted by Crippen LogP contribution is -2.45. The van der Waals surface area contributed by atoms with Crippen LogP contribution in [-0.4, -0.2) is 36.2 Å². The Morgan fingerprint density at radius 3 is 2.44 bits per heavy atom. The van der Waals surface area contributed by atoms with Crippen molar-refractivity contribution in [3.05, 3.63) is 59.3 Å². The topological polar surface area (TPSA) is 78.3 Å². The monoisotopic (exact) mass is 364 g/mol. The van der Waals surface area contributed by atoms with Crippen molar-refractivity contribution in [3.63, 3.8) is 0 Å². The maximum absolute atomic E-state index is 12.5. The first-order chi connectivity index (χ1) is 13.0. The molecule has 6 nitrogen and oxygen atoms in total. The lowest BCUT2D eigenvalue weighted by Gasteiger charge is -2.36. The standard InChI is InChI=1S/C21H24N4O2/c1-14-12-25(13-15(2)27-14)20-9-8-19(11-23-20)21(26)24-16(3)18-6-4-17(10-22)5-7-18/h4-9,11,14-16H,12-13H2,1-3H3,(H,24,26)/t14-,15-,16+/m1/s1. The van der Waals surface area contributed by atoms with Gasteiger partial charge in [-0.15, -0.1) is 0 Å². The zero-order valence-corrected chi connectivity index (χ0v) is 15.8. The summed E-state index contributed by atoms with van der Waals surface area (Å²) in [7, 11) is 0. The molecule has 6 heteroatoms. The minimum absolute atomic E-state index is 0.159. The van der Waals surface area contributed by atoms with Crippen LogP contribution in [0.25, 0.3) is 0 Å². The Morgan fingerprint density at radius 2 is 1.89 bits per heavy atom. The van der Waals surface area contributed by atoms with Crippen molar-refractivity contribution in [2.45, 2.75) is 39.0 Å².